The molecule has 5 heteroatoms. The molecule has 0 aliphatic heterocycles. The van der Waals surface area contributed by atoms with E-state index in [0.717, 1.165) is 23.0 Å². The molecule has 0 radical (unpaired) electrons. The van der Waals surface area contributed by atoms with Crippen LogP contribution in [0.3, 0.4) is 0 Å². The first-order valence-electron chi connectivity index (χ1n) is 6.85. The Morgan fingerprint density at radius 3 is 2.86 bits per heavy atom. The number of nitro benzene ring substituents is 1. The lowest BCUT2D eigenvalue weighted by Crippen LogP contribution is -2.08. The van der Waals surface area contributed by atoms with E-state index in [0.29, 0.717) is 5.56 Å². The largest absolute Gasteiger partial charge is 0.377 e. The van der Waals surface area contributed by atoms with Crippen molar-refractivity contribution in [3.63, 3.8) is 0 Å². The summed E-state index contributed by atoms with van der Waals surface area (Å²) >= 11 is 3.49. The first-order chi connectivity index (χ1) is 10.1. The molecule has 1 aliphatic rings. The smallest absolute Gasteiger partial charge is 0.274 e. The molecule has 21 heavy (non-hydrogen) atoms. The minimum absolute atomic E-state index is 0.145. The Morgan fingerprint density at radius 2 is 2.10 bits per heavy atom. The third kappa shape index (κ3) is 2.65. The molecule has 0 spiro atoms. The molecule has 0 saturated carbocycles. The van der Waals surface area contributed by atoms with Gasteiger partial charge in [-0.05, 0) is 52.9 Å². The van der Waals surface area contributed by atoms with E-state index in [9.17, 15) is 10.1 Å². The Hall–Kier alpha value is -1.88. The van der Waals surface area contributed by atoms with E-state index in [2.05, 4.69) is 33.4 Å². The van der Waals surface area contributed by atoms with Crippen LogP contribution in [0.15, 0.2) is 40.9 Å². The van der Waals surface area contributed by atoms with Crippen LogP contribution in [0.4, 0.5) is 11.4 Å². The average Bonchev–Trinajstić information content (AvgIpc) is 2.85. The van der Waals surface area contributed by atoms with Gasteiger partial charge in [-0.15, -0.1) is 0 Å². The summed E-state index contributed by atoms with van der Waals surface area (Å²) in [5.74, 6) is 0. The highest BCUT2D eigenvalue weighted by atomic mass is 79.9. The number of nitrogens with zero attached hydrogens (tertiary/aromatic N) is 1. The van der Waals surface area contributed by atoms with Crippen molar-refractivity contribution < 1.29 is 4.92 Å². The third-order valence-electron chi connectivity index (χ3n) is 3.94. The fourth-order valence-electron chi connectivity index (χ4n) is 2.86. The van der Waals surface area contributed by atoms with Crippen molar-refractivity contribution in [2.45, 2.75) is 25.8 Å². The van der Waals surface area contributed by atoms with E-state index in [1.165, 1.54) is 11.1 Å². The van der Waals surface area contributed by atoms with Crippen LogP contribution in [0.25, 0.3) is 0 Å². The molecule has 0 saturated heterocycles. The van der Waals surface area contributed by atoms with Gasteiger partial charge in [0.1, 0.15) is 0 Å². The predicted molar refractivity (Wildman–Crippen MR) is 86.7 cm³/mol. The number of aryl methyl sites for hydroxylation is 2. The van der Waals surface area contributed by atoms with E-state index in [4.69, 9.17) is 0 Å². The van der Waals surface area contributed by atoms with E-state index in [1.54, 1.807) is 19.1 Å². The predicted octanol–water partition coefficient (Wildman–Crippen LogP) is 4.77. The van der Waals surface area contributed by atoms with Crippen LogP contribution >= 0.6 is 15.9 Å². The fourth-order valence-corrected chi connectivity index (χ4v) is 3.44. The topological polar surface area (TPSA) is 55.2 Å². The number of hydrogen-bond donors (Lipinski definition) is 1. The van der Waals surface area contributed by atoms with Gasteiger partial charge in [0.2, 0.25) is 0 Å². The number of benzene rings is 2. The summed E-state index contributed by atoms with van der Waals surface area (Å²) in [5, 5.41) is 14.5. The van der Waals surface area contributed by atoms with Gasteiger partial charge >= 0.3 is 0 Å². The molecule has 1 N–H and O–H groups in total. The van der Waals surface area contributed by atoms with Crippen molar-refractivity contribution in [1.29, 1.82) is 0 Å². The van der Waals surface area contributed by atoms with Crippen molar-refractivity contribution in [1.82, 2.24) is 0 Å². The summed E-state index contributed by atoms with van der Waals surface area (Å²) in [5.41, 5.74) is 4.21. The summed E-state index contributed by atoms with van der Waals surface area (Å²) in [4.78, 5) is 10.7. The summed E-state index contributed by atoms with van der Waals surface area (Å²) < 4.78 is 0.856. The Bertz CT molecular complexity index is 715. The standard InChI is InChI=1S/C16H15BrN2O2/c1-10-8-13(17)15(9-16(10)19(20)21)18-14-7-6-11-4-2-3-5-12(11)14/h2-5,8-9,14,18H,6-7H2,1H3. The number of rotatable bonds is 3. The molecule has 3 rings (SSSR count). The third-order valence-corrected chi connectivity index (χ3v) is 4.60. The first-order valence-corrected chi connectivity index (χ1v) is 7.64. The lowest BCUT2D eigenvalue weighted by Gasteiger charge is -2.17. The van der Waals surface area contributed by atoms with Gasteiger partial charge in [-0.1, -0.05) is 24.3 Å². The second-order valence-corrected chi connectivity index (χ2v) is 6.16. The van der Waals surface area contributed by atoms with E-state index in [-0.39, 0.29) is 16.7 Å². The molecule has 1 unspecified atom stereocenters. The zero-order valence-electron chi connectivity index (χ0n) is 11.6. The van der Waals surface area contributed by atoms with Crippen LogP contribution in [0.2, 0.25) is 0 Å². The minimum Gasteiger partial charge on any atom is -0.377 e. The lowest BCUT2D eigenvalue weighted by atomic mass is 10.1. The molecule has 0 amide bonds. The van der Waals surface area contributed by atoms with Crippen molar-refractivity contribution >= 4 is 27.3 Å². The zero-order chi connectivity index (χ0) is 15.0. The van der Waals surface area contributed by atoms with Crippen LogP contribution in [0.1, 0.15) is 29.2 Å². The molecule has 1 atom stereocenters. The summed E-state index contributed by atoms with van der Waals surface area (Å²) in [7, 11) is 0. The van der Waals surface area contributed by atoms with Gasteiger partial charge in [0.15, 0.2) is 0 Å². The van der Waals surface area contributed by atoms with Crippen molar-refractivity contribution in [3.8, 4) is 0 Å². The maximum atomic E-state index is 11.1. The summed E-state index contributed by atoms with van der Waals surface area (Å²) in [6, 6.07) is 12.0. The maximum Gasteiger partial charge on any atom is 0.274 e. The number of nitro groups is 1. The highest BCUT2D eigenvalue weighted by Gasteiger charge is 2.23. The van der Waals surface area contributed by atoms with Crippen molar-refractivity contribution in [2.24, 2.45) is 0 Å². The SMILES string of the molecule is Cc1cc(Br)c(NC2CCc3ccccc32)cc1[N+](=O)[O-]. The lowest BCUT2D eigenvalue weighted by molar-refractivity contribution is -0.385. The first kappa shape index (κ1) is 14.1. The average molecular weight is 347 g/mol. The van der Waals surface area contributed by atoms with Gasteiger partial charge in [-0.2, -0.15) is 0 Å². The summed E-state index contributed by atoms with van der Waals surface area (Å²) in [6.07, 6.45) is 2.05. The normalized spacial score (nSPS) is 16.6. The van der Waals surface area contributed by atoms with Crippen molar-refractivity contribution in [2.75, 3.05) is 5.32 Å². The van der Waals surface area contributed by atoms with Gasteiger partial charge in [-0.25, -0.2) is 0 Å². The molecule has 108 valence electrons. The monoisotopic (exact) mass is 346 g/mol. The minimum atomic E-state index is -0.338. The van der Waals surface area contributed by atoms with Crippen LogP contribution in [0, 0.1) is 17.0 Å². The highest BCUT2D eigenvalue weighted by molar-refractivity contribution is 9.10. The molecule has 1 aliphatic carbocycles. The Morgan fingerprint density at radius 1 is 1.33 bits per heavy atom. The molecule has 0 heterocycles. The number of halogens is 1. The van der Waals surface area contributed by atoms with Gasteiger partial charge in [0, 0.05) is 16.1 Å². The van der Waals surface area contributed by atoms with Crippen LogP contribution < -0.4 is 5.32 Å². The molecule has 0 bridgehead atoms. The Balaban J connectivity index is 1.93. The number of nitrogens with one attached hydrogen (secondary N) is 1. The molecule has 0 aromatic heterocycles. The van der Waals surface area contributed by atoms with Gasteiger partial charge in [0.05, 0.1) is 16.7 Å². The number of fused-ring (bicyclic) bond motifs is 1. The van der Waals surface area contributed by atoms with Crippen LogP contribution in [-0.4, -0.2) is 4.92 Å². The van der Waals surface area contributed by atoms with E-state index >= 15 is 0 Å². The summed E-state index contributed by atoms with van der Waals surface area (Å²) in [6.45, 7) is 1.75. The molecule has 2 aromatic rings. The number of anilines is 1. The molecular weight excluding hydrogens is 332 g/mol. The second-order valence-electron chi connectivity index (χ2n) is 5.31. The van der Waals surface area contributed by atoms with E-state index < -0.39 is 0 Å². The van der Waals surface area contributed by atoms with Gasteiger partial charge in [-0.3, -0.25) is 10.1 Å². The quantitative estimate of drug-likeness (QED) is 0.643. The van der Waals surface area contributed by atoms with Crippen LogP contribution in [-0.2, 0) is 6.42 Å². The molecule has 0 fully saturated rings. The number of hydrogen-bond acceptors (Lipinski definition) is 3. The van der Waals surface area contributed by atoms with Gasteiger partial charge < -0.3 is 5.32 Å². The fraction of sp³-hybridized carbons (Fsp3) is 0.250. The molecule has 2 aromatic carbocycles. The zero-order valence-corrected chi connectivity index (χ0v) is 13.2. The maximum absolute atomic E-state index is 11.1. The molecule has 4 nitrogen and oxygen atoms in total. The Labute approximate surface area is 131 Å². The second kappa shape index (κ2) is 5.48. The Kier molecular flexibility index (Phi) is 3.68. The van der Waals surface area contributed by atoms with Crippen LogP contribution in [0.5, 0.6) is 0 Å². The van der Waals surface area contributed by atoms with Crippen molar-refractivity contribution in [3.05, 3.63) is 67.7 Å². The molecular formula is C16H15BrN2O2. The van der Waals surface area contributed by atoms with E-state index in [1.807, 2.05) is 12.1 Å². The highest BCUT2D eigenvalue weighted by Crippen LogP contribution is 2.37. The van der Waals surface area contributed by atoms with Gasteiger partial charge in [0.25, 0.3) is 5.69 Å².